The van der Waals surface area contributed by atoms with Gasteiger partial charge in [0, 0.05) is 13.5 Å². The molecule has 0 saturated carbocycles. The van der Waals surface area contributed by atoms with Crippen LogP contribution in [0.2, 0.25) is 0 Å². The van der Waals surface area contributed by atoms with E-state index in [-0.39, 0.29) is 22.2 Å². The molecule has 3 rings (SSSR count). The number of hydrogen-bond acceptors (Lipinski definition) is 5. The highest BCUT2D eigenvalue weighted by Crippen LogP contribution is 2.20. The van der Waals surface area contributed by atoms with E-state index in [2.05, 4.69) is 10.6 Å². The van der Waals surface area contributed by atoms with Crippen molar-refractivity contribution in [3.05, 3.63) is 101 Å². The van der Waals surface area contributed by atoms with Crippen LogP contribution in [0.3, 0.4) is 0 Å². The summed E-state index contributed by atoms with van der Waals surface area (Å²) in [6.07, 6.45) is 2.17. The largest absolute Gasteiger partial charge is 0.379 e. The molecule has 7 nitrogen and oxygen atoms in total. The summed E-state index contributed by atoms with van der Waals surface area (Å²) in [6.45, 7) is 3.59. The Labute approximate surface area is 199 Å². The SMILES string of the molecule is CC(=O)NC(=Cc1ccc(OS(=O)(=O)c2ccc(C)cc2)cc1)C(=O)NCCc1ccccc1. The van der Waals surface area contributed by atoms with Crippen LogP contribution >= 0.6 is 0 Å². The van der Waals surface area contributed by atoms with Gasteiger partial charge in [-0.25, -0.2) is 0 Å². The fraction of sp³-hybridized carbons (Fsp3) is 0.154. The van der Waals surface area contributed by atoms with E-state index in [0.29, 0.717) is 18.5 Å². The third-order valence-corrected chi connectivity index (χ3v) is 6.07. The molecule has 0 radical (unpaired) electrons. The summed E-state index contributed by atoms with van der Waals surface area (Å²) in [5.74, 6) is -0.673. The van der Waals surface area contributed by atoms with Gasteiger partial charge in [-0.1, -0.05) is 60.2 Å². The molecule has 0 aliphatic heterocycles. The molecule has 3 aromatic rings. The van der Waals surface area contributed by atoms with Gasteiger partial charge in [0.25, 0.3) is 5.91 Å². The van der Waals surface area contributed by atoms with Crippen molar-refractivity contribution in [3.63, 3.8) is 0 Å². The van der Waals surface area contributed by atoms with E-state index in [1.165, 1.54) is 37.3 Å². The third kappa shape index (κ3) is 7.31. The summed E-state index contributed by atoms with van der Waals surface area (Å²) in [4.78, 5) is 24.3. The molecular weight excluding hydrogens is 452 g/mol. The number of amides is 2. The van der Waals surface area contributed by atoms with E-state index < -0.39 is 16.0 Å². The molecule has 0 aliphatic carbocycles. The minimum atomic E-state index is -3.97. The monoisotopic (exact) mass is 478 g/mol. The standard InChI is InChI=1S/C26H26N2O5S/c1-19-8-14-24(15-9-19)34(31,32)33-23-12-10-22(11-13-23)18-25(28-20(2)29)26(30)27-17-16-21-6-4-3-5-7-21/h3-15,18H,16-17H2,1-2H3,(H,27,30)(H,28,29). The molecule has 0 aromatic heterocycles. The quantitative estimate of drug-likeness (QED) is 0.362. The van der Waals surface area contributed by atoms with Gasteiger partial charge in [0.1, 0.15) is 16.3 Å². The lowest BCUT2D eigenvalue weighted by Crippen LogP contribution is -2.34. The van der Waals surface area contributed by atoms with Gasteiger partial charge >= 0.3 is 10.1 Å². The first-order chi connectivity index (χ1) is 16.2. The molecule has 0 bridgehead atoms. The van der Waals surface area contributed by atoms with Crippen LogP contribution in [0.4, 0.5) is 0 Å². The molecule has 0 atom stereocenters. The van der Waals surface area contributed by atoms with Gasteiger partial charge < -0.3 is 14.8 Å². The van der Waals surface area contributed by atoms with Gasteiger partial charge in [-0.15, -0.1) is 0 Å². The maximum atomic E-state index is 12.6. The second-order valence-corrected chi connectivity index (χ2v) is 9.20. The Hall–Kier alpha value is -3.91. The lowest BCUT2D eigenvalue weighted by atomic mass is 10.1. The summed E-state index contributed by atoms with van der Waals surface area (Å²) >= 11 is 0. The topological polar surface area (TPSA) is 102 Å². The van der Waals surface area contributed by atoms with Crippen molar-refractivity contribution < 1.29 is 22.2 Å². The van der Waals surface area contributed by atoms with Crippen LogP contribution in [0, 0.1) is 6.92 Å². The van der Waals surface area contributed by atoms with Crippen LogP contribution in [-0.2, 0) is 26.1 Å². The zero-order valence-corrected chi connectivity index (χ0v) is 19.8. The molecule has 176 valence electrons. The first-order valence-corrected chi connectivity index (χ1v) is 12.1. The molecule has 0 fully saturated rings. The molecule has 3 aromatic carbocycles. The van der Waals surface area contributed by atoms with Crippen LogP contribution in [0.25, 0.3) is 6.08 Å². The number of nitrogens with one attached hydrogen (secondary N) is 2. The zero-order valence-electron chi connectivity index (χ0n) is 18.9. The van der Waals surface area contributed by atoms with Gasteiger partial charge in [0.15, 0.2) is 0 Å². The van der Waals surface area contributed by atoms with Gasteiger partial charge in [0.05, 0.1) is 0 Å². The van der Waals surface area contributed by atoms with Crippen LogP contribution in [0.5, 0.6) is 5.75 Å². The zero-order chi connectivity index (χ0) is 24.6. The normalized spacial score (nSPS) is 11.5. The van der Waals surface area contributed by atoms with Crippen LogP contribution in [-0.4, -0.2) is 26.8 Å². The average Bonchev–Trinajstić information content (AvgIpc) is 2.80. The number of carbonyl (C=O) groups excluding carboxylic acids is 2. The maximum Gasteiger partial charge on any atom is 0.339 e. The Morgan fingerprint density at radius 3 is 2.18 bits per heavy atom. The lowest BCUT2D eigenvalue weighted by molar-refractivity contribution is -0.122. The number of hydrogen-bond donors (Lipinski definition) is 2. The number of rotatable bonds is 9. The second kappa shape index (κ2) is 11.3. The highest BCUT2D eigenvalue weighted by atomic mass is 32.2. The fourth-order valence-electron chi connectivity index (χ4n) is 3.07. The van der Waals surface area contributed by atoms with E-state index >= 15 is 0 Å². The van der Waals surface area contributed by atoms with Crippen molar-refractivity contribution in [1.29, 1.82) is 0 Å². The Balaban J connectivity index is 1.68. The fourth-order valence-corrected chi connectivity index (χ4v) is 4.00. The van der Waals surface area contributed by atoms with Crippen molar-refractivity contribution in [2.45, 2.75) is 25.2 Å². The second-order valence-electron chi connectivity index (χ2n) is 7.65. The van der Waals surface area contributed by atoms with Crippen LogP contribution < -0.4 is 14.8 Å². The smallest absolute Gasteiger partial charge is 0.339 e. The predicted molar refractivity (Wildman–Crippen MR) is 130 cm³/mol. The minimum absolute atomic E-state index is 0.0576. The predicted octanol–water partition coefficient (Wildman–Crippen LogP) is 3.60. The van der Waals surface area contributed by atoms with Crippen molar-refractivity contribution >= 4 is 28.0 Å². The summed E-state index contributed by atoms with van der Waals surface area (Å²) in [7, 11) is -3.97. The summed E-state index contributed by atoms with van der Waals surface area (Å²) in [5.41, 5.74) is 2.70. The third-order valence-electron chi connectivity index (χ3n) is 4.80. The van der Waals surface area contributed by atoms with E-state index in [1.807, 2.05) is 37.3 Å². The van der Waals surface area contributed by atoms with Gasteiger partial charge in [-0.05, 0) is 54.8 Å². The molecular formula is C26H26N2O5S. The summed E-state index contributed by atoms with van der Waals surface area (Å²) in [6, 6.07) is 22.2. The molecule has 0 saturated heterocycles. The van der Waals surface area contributed by atoms with Crippen molar-refractivity contribution in [1.82, 2.24) is 10.6 Å². The molecule has 2 amide bonds. The molecule has 0 aliphatic rings. The van der Waals surface area contributed by atoms with E-state index in [9.17, 15) is 18.0 Å². The van der Waals surface area contributed by atoms with Crippen molar-refractivity contribution in [2.75, 3.05) is 6.54 Å². The Kier molecular flexibility index (Phi) is 8.21. The highest BCUT2D eigenvalue weighted by Gasteiger charge is 2.16. The van der Waals surface area contributed by atoms with E-state index in [0.717, 1.165) is 11.1 Å². The maximum absolute atomic E-state index is 12.6. The molecule has 0 spiro atoms. The van der Waals surface area contributed by atoms with Crippen molar-refractivity contribution in [3.8, 4) is 5.75 Å². The molecule has 34 heavy (non-hydrogen) atoms. The van der Waals surface area contributed by atoms with Gasteiger partial charge in [-0.3, -0.25) is 9.59 Å². The van der Waals surface area contributed by atoms with Crippen LogP contribution in [0.15, 0.2) is 89.5 Å². The highest BCUT2D eigenvalue weighted by molar-refractivity contribution is 7.87. The Morgan fingerprint density at radius 1 is 0.912 bits per heavy atom. The minimum Gasteiger partial charge on any atom is -0.379 e. The molecule has 0 unspecified atom stereocenters. The molecule has 8 heteroatoms. The first-order valence-electron chi connectivity index (χ1n) is 10.7. The number of carbonyl (C=O) groups is 2. The molecule has 2 N–H and O–H groups in total. The van der Waals surface area contributed by atoms with Crippen molar-refractivity contribution in [2.24, 2.45) is 0 Å². The lowest BCUT2D eigenvalue weighted by Gasteiger charge is -2.10. The van der Waals surface area contributed by atoms with Crippen LogP contribution in [0.1, 0.15) is 23.6 Å². The van der Waals surface area contributed by atoms with E-state index in [4.69, 9.17) is 4.18 Å². The Morgan fingerprint density at radius 2 is 1.56 bits per heavy atom. The van der Waals surface area contributed by atoms with E-state index in [1.54, 1.807) is 24.3 Å². The molecule has 0 heterocycles. The summed E-state index contributed by atoms with van der Waals surface area (Å²) < 4.78 is 30.1. The number of aryl methyl sites for hydroxylation is 1. The summed E-state index contributed by atoms with van der Waals surface area (Å²) in [5, 5.41) is 5.33. The van der Waals surface area contributed by atoms with Gasteiger partial charge in [-0.2, -0.15) is 8.42 Å². The Bertz CT molecular complexity index is 1270. The average molecular weight is 479 g/mol. The number of benzene rings is 3. The first kappa shape index (κ1) is 24.7. The van der Waals surface area contributed by atoms with Gasteiger partial charge in [0.2, 0.25) is 5.91 Å².